The third kappa shape index (κ3) is 3.90. The van der Waals surface area contributed by atoms with Gasteiger partial charge < -0.3 is 10.4 Å². The highest BCUT2D eigenvalue weighted by Crippen LogP contribution is 2.29. The lowest BCUT2D eigenvalue weighted by Gasteiger charge is -2.19. The second kappa shape index (κ2) is 7.34. The lowest BCUT2D eigenvalue weighted by atomic mass is 10.3. The lowest BCUT2D eigenvalue weighted by molar-refractivity contribution is -0.387. The molecule has 0 saturated carbocycles. The Morgan fingerprint density at radius 1 is 1.38 bits per heavy atom. The third-order valence-corrected chi connectivity index (χ3v) is 4.86. The number of aliphatic hydroxyl groups excluding tert-OH is 1. The van der Waals surface area contributed by atoms with Crippen LogP contribution in [0.3, 0.4) is 0 Å². The first-order chi connectivity index (χ1) is 9.88. The Labute approximate surface area is 123 Å². The predicted octanol–water partition coefficient (Wildman–Crippen LogP) is 1.03. The summed E-state index contributed by atoms with van der Waals surface area (Å²) < 4.78 is 26.0. The first-order valence-electron chi connectivity index (χ1n) is 6.51. The van der Waals surface area contributed by atoms with Gasteiger partial charge in [-0.25, -0.2) is 8.42 Å². The van der Waals surface area contributed by atoms with Crippen LogP contribution in [0.25, 0.3) is 0 Å². The van der Waals surface area contributed by atoms with Crippen molar-refractivity contribution in [2.24, 2.45) is 0 Å². The van der Waals surface area contributed by atoms with E-state index in [1.54, 1.807) is 6.92 Å². The van der Waals surface area contributed by atoms with Gasteiger partial charge in [-0.1, -0.05) is 6.92 Å². The molecule has 0 bridgehead atoms. The molecule has 0 atom stereocenters. The summed E-state index contributed by atoms with van der Waals surface area (Å²) in [5.74, 6) is 0. The van der Waals surface area contributed by atoms with E-state index in [1.165, 1.54) is 12.1 Å². The number of hydrogen-bond donors (Lipinski definition) is 2. The highest BCUT2D eigenvalue weighted by molar-refractivity contribution is 7.89. The third-order valence-electron chi connectivity index (χ3n) is 2.86. The standard InChI is InChI=1S/C12H19N3O5S/c1-3-13-10-5-6-11(15(17)18)12(9-10)21(19,20)14(4-2)7-8-16/h5-6,9,13,16H,3-4,7-8H2,1-2H3. The molecule has 0 fully saturated rings. The van der Waals surface area contributed by atoms with Crippen LogP contribution in [-0.2, 0) is 10.0 Å². The SMILES string of the molecule is CCNc1ccc([N+](=O)[O-])c(S(=O)(=O)N(CC)CCO)c1. The number of aliphatic hydroxyl groups is 1. The van der Waals surface area contributed by atoms with Gasteiger partial charge in [0.25, 0.3) is 5.69 Å². The summed E-state index contributed by atoms with van der Waals surface area (Å²) in [5.41, 5.74) is 0.00905. The molecule has 0 heterocycles. The molecule has 0 amide bonds. The van der Waals surface area contributed by atoms with Crippen LogP contribution in [-0.4, -0.2) is 49.0 Å². The van der Waals surface area contributed by atoms with E-state index in [9.17, 15) is 18.5 Å². The van der Waals surface area contributed by atoms with Crippen LogP contribution in [0.15, 0.2) is 23.1 Å². The van der Waals surface area contributed by atoms with Crippen LogP contribution in [0, 0.1) is 10.1 Å². The number of likely N-dealkylation sites (N-methyl/N-ethyl adjacent to an activating group) is 1. The molecule has 0 radical (unpaired) electrons. The van der Waals surface area contributed by atoms with Crippen molar-refractivity contribution >= 4 is 21.4 Å². The second-order valence-corrected chi connectivity index (χ2v) is 6.10. The van der Waals surface area contributed by atoms with E-state index in [2.05, 4.69) is 5.32 Å². The van der Waals surface area contributed by atoms with E-state index in [4.69, 9.17) is 5.11 Å². The van der Waals surface area contributed by atoms with Crippen LogP contribution in [0.1, 0.15) is 13.8 Å². The zero-order chi connectivity index (χ0) is 16.0. The molecule has 0 aliphatic carbocycles. The van der Waals surface area contributed by atoms with Gasteiger partial charge in [0.2, 0.25) is 10.0 Å². The number of sulfonamides is 1. The van der Waals surface area contributed by atoms with Crippen molar-refractivity contribution in [2.75, 3.05) is 31.6 Å². The molecule has 21 heavy (non-hydrogen) atoms. The number of benzene rings is 1. The first-order valence-corrected chi connectivity index (χ1v) is 7.95. The van der Waals surface area contributed by atoms with Gasteiger partial charge in [0.05, 0.1) is 11.5 Å². The summed E-state index contributed by atoms with van der Waals surface area (Å²) in [6.07, 6.45) is 0. The first kappa shape index (κ1) is 17.3. The lowest BCUT2D eigenvalue weighted by Crippen LogP contribution is -2.33. The van der Waals surface area contributed by atoms with Gasteiger partial charge in [0, 0.05) is 31.4 Å². The second-order valence-electron chi connectivity index (χ2n) is 4.19. The Bertz CT molecular complexity index is 603. The van der Waals surface area contributed by atoms with E-state index in [0.717, 1.165) is 10.4 Å². The molecule has 1 aromatic rings. The van der Waals surface area contributed by atoms with Crippen molar-refractivity contribution in [3.8, 4) is 0 Å². The van der Waals surface area contributed by atoms with Gasteiger partial charge >= 0.3 is 0 Å². The number of hydrogen-bond acceptors (Lipinski definition) is 6. The Hall–Kier alpha value is -1.71. The van der Waals surface area contributed by atoms with Crippen LogP contribution in [0.5, 0.6) is 0 Å². The van der Waals surface area contributed by atoms with Crippen LogP contribution < -0.4 is 5.32 Å². The van der Waals surface area contributed by atoms with Crippen LogP contribution >= 0.6 is 0 Å². The summed E-state index contributed by atoms with van der Waals surface area (Å²) >= 11 is 0. The number of rotatable bonds is 8. The molecule has 0 aliphatic rings. The molecule has 0 aromatic heterocycles. The fraction of sp³-hybridized carbons (Fsp3) is 0.500. The normalized spacial score (nSPS) is 11.6. The van der Waals surface area contributed by atoms with Gasteiger partial charge in [0.1, 0.15) is 0 Å². The van der Waals surface area contributed by atoms with Crippen molar-refractivity contribution in [2.45, 2.75) is 18.7 Å². The maximum Gasteiger partial charge on any atom is 0.289 e. The smallest absolute Gasteiger partial charge is 0.289 e. The van der Waals surface area contributed by atoms with Gasteiger partial charge in [-0.2, -0.15) is 4.31 Å². The Morgan fingerprint density at radius 3 is 2.52 bits per heavy atom. The monoisotopic (exact) mass is 317 g/mol. The van der Waals surface area contributed by atoms with E-state index < -0.39 is 20.6 Å². The summed E-state index contributed by atoms with van der Waals surface area (Å²) in [5, 5.41) is 22.9. The molecule has 1 aromatic carbocycles. The Kier molecular flexibility index (Phi) is 6.06. The summed E-state index contributed by atoms with van der Waals surface area (Å²) in [4.78, 5) is 9.96. The number of nitro benzene ring substituents is 1. The molecule has 9 heteroatoms. The van der Waals surface area contributed by atoms with E-state index >= 15 is 0 Å². The van der Waals surface area contributed by atoms with Crippen LogP contribution in [0.4, 0.5) is 11.4 Å². The number of nitro groups is 1. The molecule has 0 unspecified atom stereocenters. The zero-order valence-electron chi connectivity index (χ0n) is 11.9. The molecule has 8 nitrogen and oxygen atoms in total. The molecule has 0 aliphatic heterocycles. The van der Waals surface area contributed by atoms with Crippen LogP contribution in [0.2, 0.25) is 0 Å². The highest BCUT2D eigenvalue weighted by atomic mass is 32.2. The topological polar surface area (TPSA) is 113 Å². The maximum absolute atomic E-state index is 12.5. The van der Waals surface area contributed by atoms with E-state index in [-0.39, 0.29) is 24.6 Å². The summed E-state index contributed by atoms with van der Waals surface area (Å²) in [6.45, 7) is 3.65. The van der Waals surface area contributed by atoms with Crippen molar-refractivity contribution in [3.05, 3.63) is 28.3 Å². The van der Waals surface area contributed by atoms with E-state index in [1.807, 2.05) is 6.92 Å². The molecular formula is C12H19N3O5S. The summed E-state index contributed by atoms with van der Waals surface area (Å²) in [7, 11) is -4.04. The van der Waals surface area contributed by atoms with Crippen molar-refractivity contribution in [3.63, 3.8) is 0 Å². The molecule has 118 valence electrons. The average Bonchev–Trinajstić information content (AvgIpc) is 2.44. The molecule has 2 N–H and O–H groups in total. The molecular weight excluding hydrogens is 298 g/mol. The van der Waals surface area contributed by atoms with Gasteiger partial charge in [0.15, 0.2) is 4.90 Å². The predicted molar refractivity (Wildman–Crippen MR) is 78.8 cm³/mol. The minimum absolute atomic E-state index is 0.110. The summed E-state index contributed by atoms with van der Waals surface area (Å²) in [6, 6.07) is 3.87. The van der Waals surface area contributed by atoms with Gasteiger partial charge in [-0.05, 0) is 19.1 Å². The zero-order valence-corrected chi connectivity index (χ0v) is 12.8. The van der Waals surface area contributed by atoms with Crippen molar-refractivity contribution in [1.29, 1.82) is 0 Å². The number of nitrogens with one attached hydrogen (secondary N) is 1. The largest absolute Gasteiger partial charge is 0.395 e. The molecule has 0 saturated heterocycles. The minimum Gasteiger partial charge on any atom is -0.395 e. The highest BCUT2D eigenvalue weighted by Gasteiger charge is 2.30. The van der Waals surface area contributed by atoms with Crippen molar-refractivity contribution < 1.29 is 18.4 Å². The number of anilines is 1. The fourth-order valence-corrected chi connectivity index (χ4v) is 3.51. The van der Waals surface area contributed by atoms with Gasteiger partial charge in [-0.15, -0.1) is 0 Å². The Balaban J connectivity index is 3.42. The van der Waals surface area contributed by atoms with Crippen molar-refractivity contribution in [1.82, 2.24) is 4.31 Å². The fourth-order valence-electron chi connectivity index (χ4n) is 1.88. The number of nitrogens with zero attached hydrogens (tertiary/aromatic N) is 2. The minimum atomic E-state index is -4.04. The molecule has 1 rings (SSSR count). The quantitative estimate of drug-likeness (QED) is 0.547. The molecule has 0 spiro atoms. The Morgan fingerprint density at radius 2 is 2.05 bits per heavy atom. The van der Waals surface area contributed by atoms with Gasteiger partial charge in [-0.3, -0.25) is 10.1 Å². The maximum atomic E-state index is 12.5. The average molecular weight is 317 g/mol. The van der Waals surface area contributed by atoms with E-state index in [0.29, 0.717) is 12.2 Å².